The van der Waals surface area contributed by atoms with Gasteiger partial charge in [0.05, 0.1) is 12.7 Å². The van der Waals surface area contributed by atoms with E-state index in [1.165, 1.54) is 0 Å². The molecule has 0 saturated heterocycles. The molecule has 0 aliphatic heterocycles. The molecule has 2 aromatic carbocycles. The first-order chi connectivity index (χ1) is 12.7. The number of hydrogen-bond donors (Lipinski definition) is 3. The minimum absolute atomic E-state index is 0.0468. The molecule has 0 amide bonds. The van der Waals surface area contributed by atoms with Gasteiger partial charge in [0.2, 0.25) is 0 Å². The molecule has 2 aromatic rings. The minimum Gasteiger partial charge on any atom is -0.508 e. The van der Waals surface area contributed by atoms with E-state index in [2.05, 4.69) is 5.32 Å². The van der Waals surface area contributed by atoms with Crippen LogP contribution in [0.15, 0.2) is 54.6 Å². The Kier molecular flexibility index (Phi) is 7.54. The van der Waals surface area contributed by atoms with Crippen LogP contribution in [0.3, 0.4) is 0 Å². The highest BCUT2D eigenvalue weighted by Gasteiger charge is 2.23. The number of nitrogens with one attached hydrogen (secondary N) is 1. The molecule has 0 aromatic heterocycles. The van der Waals surface area contributed by atoms with Crippen LogP contribution in [0.4, 0.5) is 0 Å². The summed E-state index contributed by atoms with van der Waals surface area (Å²) in [4.78, 5) is 12.9. The molecule has 5 nitrogen and oxygen atoms in total. The first-order valence-corrected chi connectivity index (χ1v) is 9.16. The van der Waals surface area contributed by atoms with Gasteiger partial charge >= 0.3 is 0 Å². The Hall–Kier alpha value is -2.21. The first-order valence-electron chi connectivity index (χ1n) is 9.16. The molecule has 2 atom stereocenters. The normalized spacial score (nSPS) is 13.9. The molecule has 0 bridgehead atoms. The van der Waals surface area contributed by atoms with Crippen molar-refractivity contribution in [2.24, 2.45) is 0 Å². The maximum absolute atomic E-state index is 12.9. The molecule has 27 heavy (non-hydrogen) atoms. The fourth-order valence-electron chi connectivity index (χ4n) is 2.62. The Morgan fingerprint density at radius 2 is 1.81 bits per heavy atom. The average Bonchev–Trinajstić information content (AvgIpc) is 2.63. The molecule has 2 rings (SSSR count). The zero-order valence-corrected chi connectivity index (χ0v) is 16.2. The Morgan fingerprint density at radius 3 is 2.44 bits per heavy atom. The number of phenolic OH excluding ortho intramolecular Hbond substituents is 1. The second-order valence-electron chi connectivity index (χ2n) is 7.71. The number of ether oxygens (including phenoxy) is 1. The van der Waals surface area contributed by atoms with Crippen molar-refractivity contribution in [3.63, 3.8) is 0 Å². The number of rotatable bonds is 9. The summed E-state index contributed by atoms with van der Waals surface area (Å²) in [6.45, 7) is 6.48. The number of Topliss-reactive ketones (excluding diaryl/α,β-unsaturated/α-hetero) is 1. The zero-order chi connectivity index (χ0) is 19.9. The summed E-state index contributed by atoms with van der Waals surface area (Å²) < 4.78 is 5.81. The van der Waals surface area contributed by atoms with Crippen LogP contribution in [0, 0.1) is 0 Å². The highest BCUT2D eigenvalue weighted by molar-refractivity contribution is 5.99. The van der Waals surface area contributed by atoms with E-state index < -0.39 is 12.2 Å². The third-order valence-corrected chi connectivity index (χ3v) is 4.04. The number of phenols is 1. The molecule has 0 spiro atoms. The summed E-state index contributed by atoms with van der Waals surface area (Å²) in [5.41, 5.74) is 1.25. The topological polar surface area (TPSA) is 78.8 Å². The summed E-state index contributed by atoms with van der Waals surface area (Å²) in [5.74, 6) is 0.00254. The van der Waals surface area contributed by atoms with Gasteiger partial charge in [-0.15, -0.1) is 0 Å². The van der Waals surface area contributed by atoms with Crippen molar-refractivity contribution in [3.05, 3.63) is 65.7 Å². The monoisotopic (exact) mass is 371 g/mol. The maximum atomic E-state index is 12.9. The molecule has 5 heteroatoms. The molecular weight excluding hydrogens is 342 g/mol. The van der Waals surface area contributed by atoms with E-state index in [-0.39, 0.29) is 23.7 Å². The van der Waals surface area contributed by atoms with Crippen molar-refractivity contribution >= 4 is 5.78 Å². The molecule has 3 N–H and O–H groups in total. The number of β-amino-alcohol motifs (C(OH)–C–C–N with tert-alkyl or cyclic N) is 1. The van der Waals surface area contributed by atoms with Crippen LogP contribution in [-0.2, 0) is 11.2 Å². The third kappa shape index (κ3) is 7.51. The van der Waals surface area contributed by atoms with E-state index in [9.17, 15) is 15.0 Å². The molecule has 0 radical (unpaired) electrons. The van der Waals surface area contributed by atoms with Gasteiger partial charge in [-0.2, -0.15) is 0 Å². The molecule has 0 aliphatic rings. The minimum atomic E-state index is -0.738. The van der Waals surface area contributed by atoms with E-state index in [4.69, 9.17) is 4.74 Å². The number of aromatic hydroxyl groups is 1. The highest BCUT2D eigenvalue weighted by Crippen LogP contribution is 2.17. The Labute approximate surface area is 161 Å². The van der Waals surface area contributed by atoms with Crippen LogP contribution < -0.4 is 5.32 Å². The maximum Gasteiger partial charge on any atom is 0.191 e. The van der Waals surface area contributed by atoms with Gasteiger partial charge in [-0.1, -0.05) is 42.5 Å². The number of aliphatic hydroxyl groups is 1. The second kappa shape index (κ2) is 9.65. The van der Waals surface area contributed by atoms with Crippen molar-refractivity contribution in [1.82, 2.24) is 5.32 Å². The van der Waals surface area contributed by atoms with Gasteiger partial charge < -0.3 is 20.3 Å². The molecule has 0 heterocycles. The molecule has 0 fully saturated rings. The van der Waals surface area contributed by atoms with Crippen molar-refractivity contribution in [1.29, 1.82) is 0 Å². The first kappa shape index (κ1) is 21.1. The van der Waals surface area contributed by atoms with Gasteiger partial charge in [-0.25, -0.2) is 0 Å². The van der Waals surface area contributed by atoms with Crippen LogP contribution in [0.1, 0.15) is 36.7 Å². The smallest absolute Gasteiger partial charge is 0.191 e. The number of aliphatic hydroxyl groups excluding tert-OH is 1. The standard InChI is InChI=1S/C22H29NO4/c1-22(2,3)23-14-19(25)15-27-20(13-16-8-7-11-18(24)12-16)21(26)17-9-5-4-6-10-17/h4-12,19-20,23-25H,13-15H2,1-3H3. The SMILES string of the molecule is CC(C)(C)NCC(O)COC(Cc1cccc(O)c1)C(=O)c1ccccc1. The Bertz CT molecular complexity index is 725. The number of benzene rings is 2. The zero-order valence-electron chi connectivity index (χ0n) is 16.2. The molecule has 2 unspecified atom stereocenters. The number of ketones is 1. The van der Waals surface area contributed by atoms with Gasteiger partial charge in [0, 0.05) is 24.1 Å². The average molecular weight is 371 g/mol. The lowest BCUT2D eigenvalue weighted by Crippen LogP contribution is -2.43. The third-order valence-electron chi connectivity index (χ3n) is 4.04. The summed E-state index contributed by atoms with van der Waals surface area (Å²) >= 11 is 0. The summed E-state index contributed by atoms with van der Waals surface area (Å²) in [7, 11) is 0. The van der Waals surface area contributed by atoms with Crippen molar-refractivity contribution < 1.29 is 19.7 Å². The number of carbonyl (C=O) groups excluding carboxylic acids is 1. The largest absolute Gasteiger partial charge is 0.508 e. The lowest BCUT2D eigenvalue weighted by Gasteiger charge is -2.24. The fraction of sp³-hybridized carbons (Fsp3) is 0.409. The van der Waals surface area contributed by atoms with E-state index in [1.807, 2.05) is 32.9 Å². The summed E-state index contributed by atoms with van der Waals surface area (Å²) in [6, 6.07) is 15.7. The van der Waals surface area contributed by atoms with Crippen LogP contribution in [0.5, 0.6) is 5.75 Å². The molecule has 0 saturated carbocycles. The van der Waals surface area contributed by atoms with Gasteiger partial charge in [-0.05, 0) is 38.5 Å². The Morgan fingerprint density at radius 1 is 1.11 bits per heavy atom. The van der Waals surface area contributed by atoms with E-state index >= 15 is 0 Å². The van der Waals surface area contributed by atoms with Crippen LogP contribution in [0.25, 0.3) is 0 Å². The second-order valence-corrected chi connectivity index (χ2v) is 7.71. The highest BCUT2D eigenvalue weighted by atomic mass is 16.5. The van der Waals surface area contributed by atoms with Crippen LogP contribution >= 0.6 is 0 Å². The van der Waals surface area contributed by atoms with Crippen LogP contribution in [0.2, 0.25) is 0 Å². The molecule has 0 aliphatic carbocycles. The van der Waals surface area contributed by atoms with Crippen molar-refractivity contribution in [2.45, 2.75) is 44.9 Å². The molecule has 146 valence electrons. The predicted octanol–water partition coefficient (Wildman–Crippen LogP) is 2.95. The van der Waals surface area contributed by atoms with Gasteiger partial charge in [0.25, 0.3) is 0 Å². The quantitative estimate of drug-likeness (QED) is 0.591. The lowest BCUT2D eigenvalue weighted by molar-refractivity contribution is -0.00327. The number of carbonyl (C=O) groups is 1. The number of hydrogen-bond acceptors (Lipinski definition) is 5. The fourth-order valence-corrected chi connectivity index (χ4v) is 2.62. The van der Waals surface area contributed by atoms with E-state index in [1.54, 1.807) is 42.5 Å². The summed E-state index contributed by atoms with van der Waals surface area (Å²) in [5, 5.41) is 23.1. The van der Waals surface area contributed by atoms with E-state index in [0.29, 0.717) is 18.5 Å². The van der Waals surface area contributed by atoms with E-state index in [0.717, 1.165) is 5.56 Å². The van der Waals surface area contributed by atoms with Gasteiger partial charge in [-0.3, -0.25) is 4.79 Å². The predicted molar refractivity (Wildman–Crippen MR) is 106 cm³/mol. The lowest BCUT2D eigenvalue weighted by atomic mass is 9.99. The Balaban J connectivity index is 2.06. The van der Waals surface area contributed by atoms with Gasteiger partial charge in [0.1, 0.15) is 11.9 Å². The summed E-state index contributed by atoms with van der Waals surface area (Å²) in [6.07, 6.45) is -1.14. The van der Waals surface area contributed by atoms with Crippen molar-refractivity contribution in [3.8, 4) is 5.75 Å². The van der Waals surface area contributed by atoms with Crippen LogP contribution in [-0.4, -0.2) is 46.9 Å². The molecular formula is C22H29NO4. The van der Waals surface area contributed by atoms with Crippen molar-refractivity contribution in [2.75, 3.05) is 13.2 Å². The van der Waals surface area contributed by atoms with Gasteiger partial charge in [0.15, 0.2) is 5.78 Å².